The minimum atomic E-state index is -1.02. The summed E-state index contributed by atoms with van der Waals surface area (Å²) in [6.07, 6.45) is 0.334. The number of hydrogen-bond acceptors (Lipinski definition) is 2. The Hall–Kier alpha value is -2.62. The van der Waals surface area contributed by atoms with Gasteiger partial charge in [-0.05, 0) is 24.5 Å². The van der Waals surface area contributed by atoms with E-state index in [4.69, 9.17) is 0 Å². The monoisotopic (exact) mass is 311 g/mol. The summed E-state index contributed by atoms with van der Waals surface area (Å²) in [6.45, 7) is 3.56. The van der Waals surface area contributed by atoms with Gasteiger partial charge in [-0.15, -0.1) is 0 Å². The number of amides is 1. The summed E-state index contributed by atoms with van der Waals surface area (Å²) >= 11 is 0. The molecule has 4 heteroatoms. The quantitative estimate of drug-likeness (QED) is 0.862. The van der Waals surface area contributed by atoms with Gasteiger partial charge < -0.3 is 10.4 Å². The van der Waals surface area contributed by atoms with Crippen LogP contribution in [0.2, 0.25) is 0 Å². The Morgan fingerprint density at radius 2 is 1.43 bits per heavy atom. The molecule has 0 fully saturated rings. The molecule has 2 rings (SSSR count). The highest BCUT2D eigenvalue weighted by Crippen LogP contribution is 2.32. The molecule has 120 valence electrons. The number of carboxylic acids is 1. The number of carbonyl (C=O) groups excluding carboxylic acids is 1. The van der Waals surface area contributed by atoms with Crippen molar-refractivity contribution in [2.75, 3.05) is 0 Å². The van der Waals surface area contributed by atoms with Crippen LogP contribution in [-0.2, 0) is 15.0 Å². The van der Waals surface area contributed by atoms with E-state index < -0.39 is 17.4 Å². The third-order valence-corrected chi connectivity index (χ3v) is 4.17. The largest absolute Gasteiger partial charge is 0.480 e. The van der Waals surface area contributed by atoms with Gasteiger partial charge in [0.15, 0.2) is 0 Å². The van der Waals surface area contributed by atoms with Gasteiger partial charge in [0.1, 0.15) is 6.04 Å². The molecule has 0 heterocycles. The molecule has 4 nitrogen and oxygen atoms in total. The first kappa shape index (κ1) is 16.7. The number of aliphatic carboxylic acids is 1. The van der Waals surface area contributed by atoms with Gasteiger partial charge in [-0.25, -0.2) is 4.79 Å². The van der Waals surface area contributed by atoms with E-state index in [9.17, 15) is 14.7 Å². The standard InChI is InChI=1S/C19H21NO3/c1-3-16(17(21)22)20-18(23)19(2,14-10-6-4-7-11-14)15-12-8-5-9-13-15/h4-13,16H,3H2,1-2H3,(H,20,23)(H,21,22)/t16-/m1/s1. The topological polar surface area (TPSA) is 66.4 Å². The van der Waals surface area contributed by atoms with Crippen molar-refractivity contribution in [1.82, 2.24) is 5.32 Å². The lowest BCUT2D eigenvalue weighted by Gasteiger charge is -2.31. The maximum Gasteiger partial charge on any atom is 0.326 e. The van der Waals surface area contributed by atoms with Crippen LogP contribution in [0.1, 0.15) is 31.4 Å². The Kier molecular flexibility index (Phi) is 5.16. The molecule has 0 radical (unpaired) electrons. The Bertz CT molecular complexity index is 628. The molecule has 2 aromatic rings. The first-order chi connectivity index (χ1) is 11.0. The average molecular weight is 311 g/mol. The maximum atomic E-state index is 13.0. The number of hydrogen-bond donors (Lipinski definition) is 2. The minimum Gasteiger partial charge on any atom is -0.480 e. The van der Waals surface area contributed by atoms with Gasteiger partial charge in [0, 0.05) is 0 Å². The smallest absolute Gasteiger partial charge is 0.326 e. The van der Waals surface area contributed by atoms with Crippen molar-refractivity contribution in [2.45, 2.75) is 31.7 Å². The van der Waals surface area contributed by atoms with Crippen LogP contribution in [0.3, 0.4) is 0 Å². The molecule has 1 atom stereocenters. The van der Waals surface area contributed by atoms with E-state index in [2.05, 4.69) is 5.32 Å². The number of benzene rings is 2. The normalized spacial score (nSPS) is 12.4. The molecule has 0 aromatic heterocycles. The molecule has 0 aliphatic heterocycles. The van der Waals surface area contributed by atoms with Crippen LogP contribution in [-0.4, -0.2) is 23.0 Å². The summed E-state index contributed by atoms with van der Waals surface area (Å²) in [5.74, 6) is -1.34. The van der Waals surface area contributed by atoms with Crippen molar-refractivity contribution in [3.8, 4) is 0 Å². The average Bonchev–Trinajstić information content (AvgIpc) is 2.59. The van der Waals surface area contributed by atoms with Crippen LogP contribution in [0.25, 0.3) is 0 Å². The lowest BCUT2D eigenvalue weighted by Crippen LogP contribution is -2.49. The van der Waals surface area contributed by atoms with Crippen molar-refractivity contribution < 1.29 is 14.7 Å². The Morgan fingerprint density at radius 1 is 1.00 bits per heavy atom. The van der Waals surface area contributed by atoms with Crippen LogP contribution in [0.15, 0.2) is 60.7 Å². The van der Waals surface area contributed by atoms with Crippen LogP contribution < -0.4 is 5.32 Å². The highest BCUT2D eigenvalue weighted by molar-refractivity contribution is 5.94. The molecule has 0 aliphatic rings. The van der Waals surface area contributed by atoms with E-state index in [0.717, 1.165) is 11.1 Å². The van der Waals surface area contributed by atoms with Gasteiger partial charge in [0.2, 0.25) is 5.91 Å². The summed E-state index contributed by atoms with van der Waals surface area (Å²) in [4.78, 5) is 24.2. The predicted octanol–water partition coefficient (Wildman–Crippen LogP) is 2.97. The molecule has 23 heavy (non-hydrogen) atoms. The zero-order chi connectivity index (χ0) is 16.9. The molecule has 0 bridgehead atoms. The molecule has 0 spiro atoms. The summed E-state index contributed by atoms with van der Waals surface area (Å²) < 4.78 is 0. The van der Waals surface area contributed by atoms with Crippen molar-refractivity contribution in [3.63, 3.8) is 0 Å². The fraction of sp³-hybridized carbons (Fsp3) is 0.263. The lowest BCUT2D eigenvalue weighted by atomic mass is 9.75. The highest BCUT2D eigenvalue weighted by atomic mass is 16.4. The minimum absolute atomic E-state index is 0.316. The Labute approximate surface area is 136 Å². The van der Waals surface area contributed by atoms with Gasteiger partial charge in [-0.3, -0.25) is 4.79 Å². The third-order valence-electron chi connectivity index (χ3n) is 4.17. The van der Waals surface area contributed by atoms with Crippen LogP contribution in [0.5, 0.6) is 0 Å². The first-order valence-electron chi connectivity index (χ1n) is 7.65. The van der Waals surface area contributed by atoms with Crippen molar-refractivity contribution in [3.05, 3.63) is 71.8 Å². The maximum absolute atomic E-state index is 13.0. The third kappa shape index (κ3) is 3.42. The zero-order valence-corrected chi connectivity index (χ0v) is 13.3. The van der Waals surface area contributed by atoms with Gasteiger partial charge in [0.05, 0.1) is 5.41 Å². The predicted molar refractivity (Wildman–Crippen MR) is 89.2 cm³/mol. The van der Waals surface area contributed by atoms with Crippen molar-refractivity contribution >= 4 is 11.9 Å². The molecule has 0 aliphatic carbocycles. The second kappa shape index (κ2) is 7.09. The van der Waals surface area contributed by atoms with Crippen LogP contribution >= 0.6 is 0 Å². The number of carboxylic acid groups (broad SMARTS) is 1. The van der Waals surface area contributed by atoms with E-state index in [1.807, 2.05) is 67.6 Å². The summed E-state index contributed by atoms with van der Waals surface area (Å²) in [7, 11) is 0. The van der Waals surface area contributed by atoms with Gasteiger partial charge in [-0.2, -0.15) is 0 Å². The Morgan fingerprint density at radius 3 is 1.78 bits per heavy atom. The highest BCUT2D eigenvalue weighted by Gasteiger charge is 2.38. The van der Waals surface area contributed by atoms with E-state index in [1.165, 1.54) is 0 Å². The molecular formula is C19H21NO3. The zero-order valence-electron chi connectivity index (χ0n) is 13.3. The summed E-state index contributed by atoms with van der Waals surface area (Å²) in [5.41, 5.74) is 0.693. The number of rotatable bonds is 6. The SMILES string of the molecule is CC[C@@H](NC(=O)C(C)(c1ccccc1)c1ccccc1)C(=O)O. The van der Waals surface area contributed by atoms with Gasteiger partial charge >= 0.3 is 5.97 Å². The second-order valence-electron chi connectivity index (χ2n) is 5.63. The fourth-order valence-electron chi connectivity index (χ4n) is 2.61. The molecule has 0 saturated heterocycles. The van der Waals surface area contributed by atoms with Crippen molar-refractivity contribution in [2.24, 2.45) is 0 Å². The summed E-state index contributed by atoms with van der Waals surface area (Å²) in [6, 6.07) is 17.9. The molecule has 2 aromatic carbocycles. The summed E-state index contributed by atoms with van der Waals surface area (Å²) in [5, 5.41) is 11.9. The van der Waals surface area contributed by atoms with Crippen LogP contribution in [0, 0.1) is 0 Å². The van der Waals surface area contributed by atoms with Crippen LogP contribution in [0.4, 0.5) is 0 Å². The van der Waals surface area contributed by atoms with E-state index in [-0.39, 0.29) is 5.91 Å². The Balaban J connectivity index is 2.46. The molecule has 0 saturated carbocycles. The number of carbonyl (C=O) groups is 2. The van der Waals surface area contributed by atoms with E-state index >= 15 is 0 Å². The van der Waals surface area contributed by atoms with E-state index in [0.29, 0.717) is 6.42 Å². The molecule has 0 unspecified atom stereocenters. The fourth-order valence-corrected chi connectivity index (χ4v) is 2.61. The van der Waals surface area contributed by atoms with Crippen molar-refractivity contribution in [1.29, 1.82) is 0 Å². The first-order valence-corrected chi connectivity index (χ1v) is 7.65. The number of nitrogens with one attached hydrogen (secondary N) is 1. The van der Waals surface area contributed by atoms with Gasteiger partial charge in [0.25, 0.3) is 0 Å². The van der Waals surface area contributed by atoms with Gasteiger partial charge in [-0.1, -0.05) is 67.6 Å². The molecule has 2 N–H and O–H groups in total. The second-order valence-corrected chi connectivity index (χ2v) is 5.63. The molecule has 1 amide bonds. The lowest BCUT2D eigenvalue weighted by molar-refractivity contribution is -0.142. The molecular weight excluding hydrogens is 290 g/mol. The van der Waals surface area contributed by atoms with E-state index in [1.54, 1.807) is 6.92 Å².